The highest BCUT2D eigenvalue weighted by Gasteiger charge is 2.20. The molecule has 3 rings (SSSR count). The van der Waals surface area contributed by atoms with Gasteiger partial charge in [-0.25, -0.2) is 4.98 Å². The summed E-state index contributed by atoms with van der Waals surface area (Å²) in [4.78, 5) is 5.88. The molecule has 0 aromatic carbocycles. The van der Waals surface area contributed by atoms with Gasteiger partial charge >= 0.3 is 0 Å². The molecule has 0 saturated heterocycles. The molecule has 2 heterocycles. The van der Waals surface area contributed by atoms with E-state index in [9.17, 15) is 0 Å². The molecule has 5 heteroatoms. The van der Waals surface area contributed by atoms with Crippen molar-refractivity contribution in [1.29, 1.82) is 0 Å². The highest BCUT2D eigenvalue weighted by atomic mass is 32.1. The van der Waals surface area contributed by atoms with E-state index < -0.39 is 0 Å². The fraction of sp³-hybridized carbons (Fsp3) is 0.625. The summed E-state index contributed by atoms with van der Waals surface area (Å²) in [6.45, 7) is 4.17. The van der Waals surface area contributed by atoms with Crippen LogP contribution in [0.3, 0.4) is 0 Å². The zero-order valence-electron chi connectivity index (χ0n) is 13.1. The number of aromatic nitrogens is 3. The second-order valence-electron chi connectivity index (χ2n) is 5.95. The highest BCUT2D eigenvalue weighted by molar-refractivity contribution is 7.11. The van der Waals surface area contributed by atoms with Gasteiger partial charge in [0.15, 0.2) is 0 Å². The summed E-state index contributed by atoms with van der Waals surface area (Å²) in [5.41, 5.74) is 2.32. The molecule has 0 amide bonds. The molecule has 21 heavy (non-hydrogen) atoms. The van der Waals surface area contributed by atoms with E-state index >= 15 is 0 Å². The summed E-state index contributed by atoms with van der Waals surface area (Å²) in [7, 11) is 2.02. The van der Waals surface area contributed by atoms with E-state index in [0.29, 0.717) is 12.1 Å². The van der Waals surface area contributed by atoms with Crippen molar-refractivity contribution in [3.8, 4) is 0 Å². The average Bonchev–Trinajstić information content (AvgIpc) is 3.16. The maximum atomic E-state index is 4.80. The average molecular weight is 304 g/mol. The fourth-order valence-electron chi connectivity index (χ4n) is 3.26. The molecule has 1 aliphatic carbocycles. The molecule has 2 aromatic rings. The van der Waals surface area contributed by atoms with Crippen LogP contribution in [-0.2, 0) is 6.42 Å². The van der Waals surface area contributed by atoms with Gasteiger partial charge in [0.25, 0.3) is 0 Å². The van der Waals surface area contributed by atoms with Crippen molar-refractivity contribution in [3.05, 3.63) is 33.5 Å². The van der Waals surface area contributed by atoms with Gasteiger partial charge in [-0.2, -0.15) is 5.10 Å². The van der Waals surface area contributed by atoms with Crippen LogP contribution in [0.5, 0.6) is 0 Å². The molecular weight excluding hydrogens is 280 g/mol. The number of rotatable bonds is 5. The quantitative estimate of drug-likeness (QED) is 0.918. The van der Waals surface area contributed by atoms with E-state index in [2.05, 4.69) is 41.1 Å². The lowest BCUT2D eigenvalue weighted by molar-refractivity contribution is 0.459. The molecular formula is C16H24N4S. The SMILES string of the molecule is CNC(Cc1ccn(C2CCCC2)n1)c1sc(C)nc1C. The Bertz CT molecular complexity index is 595. The van der Waals surface area contributed by atoms with Crippen molar-refractivity contribution >= 4 is 11.3 Å². The lowest BCUT2D eigenvalue weighted by atomic mass is 10.1. The molecule has 0 spiro atoms. The summed E-state index contributed by atoms with van der Waals surface area (Å²) >= 11 is 1.79. The van der Waals surface area contributed by atoms with Gasteiger partial charge < -0.3 is 5.32 Å². The number of nitrogens with one attached hydrogen (secondary N) is 1. The smallest absolute Gasteiger partial charge is 0.0900 e. The second kappa shape index (κ2) is 6.28. The molecule has 1 saturated carbocycles. The monoisotopic (exact) mass is 304 g/mol. The predicted octanol–water partition coefficient (Wildman–Crippen LogP) is 3.57. The number of aryl methyl sites for hydroxylation is 2. The van der Waals surface area contributed by atoms with Crippen LogP contribution in [0.25, 0.3) is 0 Å². The van der Waals surface area contributed by atoms with Crippen molar-refractivity contribution in [1.82, 2.24) is 20.1 Å². The van der Waals surface area contributed by atoms with Crippen molar-refractivity contribution in [2.24, 2.45) is 0 Å². The van der Waals surface area contributed by atoms with E-state index in [4.69, 9.17) is 5.10 Å². The van der Waals surface area contributed by atoms with Crippen LogP contribution in [0, 0.1) is 13.8 Å². The number of thiazole rings is 1. The van der Waals surface area contributed by atoms with Gasteiger partial charge in [-0.15, -0.1) is 11.3 Å². The van der Waals surface area contributed by atoms with Crippen LogP contribution < -0.4 is 5.32 Å². The van der Waals surface area contributed by atoms with Gasteiger partial charge in [0, 0.05) is 23.5 Å². The summed E-state index contributed by atoms with van der Waals surface area (Å²) in [6.07, 6.45) is 8.34. The topological polar surface area (TPSA) is 42.7 Å². The normalized spacial score (nSPS) is 17.5. The largest absolute Gasteiger partial charge is 0.312 e. The fourth-order valence-corrected chi connectivity index (χ4v) is 4.30. The summed E-state index contributed by atoms with van der Waals surface area (Å²) in [6, 6.07) is 3.11. The first-order valence-corrected chi connectivity index (χ1v) is 8.64. The van der Waals surface area contributed by atoms with Crippen LogP contribution in [0.1, 0.15) is 59.0 Å². The van der Waals surface area contributed by atoms with E-state index in [1.807, 2.05) is 7.05 Å². The number of hydrogen-bond donors (Lipinski definition) is 1. The Labute approximate surface area is 130 Å². The zero-order valence-corrected chi connectivity index (χ0v) is 13.9. The van der Waals surface area contributed by atoms with Gasteiger partial charge in [-0.05, 0) is 39.8 Å². The van der Waals surface area contributed by atoms with E-state index in [0.717, 1.165) is 17.1 Å². The van der Waals surface area contributed by atoms with Gasteiger partial charge in [0.05, 0.1) is 22.4 Å². The molecule has 0 aliphatic heterocycles. The van der Waals surface area contributed by atoms with Crippen molar-refractivity contribution in [2.45, 2.75) is 58.0 Å². The van der Waals surface area contributed by atoms with Gasteiger partial charge in [0.1, 0.15) is 0 Å². The van der Waals surface area contributed by atoms with Gasteiger partial charge in [-0.1, -0.05) is 12.8 Å². The lowest BCUT2D eigenvalue weighted by Gasteiger charge is -2.14. The van der Waals surface area contributed by atoms with Crippen LogP contribution >= 0.6 is 11.3 Å². The Morgan fingerprint density at radius 3 is 2.76 bits per heavy atom. The maximum absolute atomic E-state index is 4.80. The Morgan fingerprint density at radius 2 is 2.14 bits per heavy atom. The zero-order chi connectivity index (χ0) is 14.8. The Kier molecular flexibility index (Phi) is 4.40. The first-order valence-electron chi connectivity index (χ1n) is 7.82. The first-order chi connectivity index (χ1) is 10.2. The van der Waals surface area contributed by atoms with Crippen molar-refractivity contribution < 1.29 is 0 Å². The minimum Gasteiger partial charge on any atom is -0.312 e. The Hall–Kier alpha value is -1.20. The standard InChI is InChI=1S/C16H24N4S/c1-11-16(21-12(2)18-11)15(17-3)10-13-8-9-20(19-13)14-6-4-5-7-14/h8-9,14-15,17H,4-7,10H2,1-3H3. The molecule has 2 aromatic heterocycles. The van der Waals surface area contributed by atoms with Crippen molar-refractivity contribution in [3.63, 3.8) is 0 Å². The van der Waals surface area contributed by atoms with E-state index in [1.165, 1.54) is 36.3 Å². The minimum absolute atomic E-state index is 0.308. The molecule has 1 unspecified atom stereocenters. The first kappa shape index (κ1) is 14.7. The minimum atomic E-state index is 0.308. The molecule has 1 atom stereocenters. The number of nitrogens with zero attached hydrogens (tertiary/aromatic N) is 3. The van der Waals surface area contributed by atoms with Crippen molar-refractivity contribution in [2.75, 3.05) is 7.05 Å². The third-order valence-corrected chi connectivity index (χ3v) is 5.57. The Morgan fingerprint density at radius 1 is 1.38 bits per heavy atom. The molecule has 0 radical (unpaired) electrons. The molecule has 1 aliphatic rings. The molecule has 114 valence electrons. The Balaban J connectivity index is 1.73. The third-order valence-electron chi connectivity index (χ3n) is 4.38. The molecule has 4 nitrogen and oxygen atoms in total. The number of hydrogen-bond acceptors (Lipinski definition) is 4. The predicted molar refractivity (Wildman–Crippen MR) is 86.8 cm³/mol. The van der Waals surface area contributed by atoms with Gasteiger partial charge in [0.2, 0.25) is 0 Å². The van der Waals surface area contributed by atoms with Crippen LogP contribution in [0.2, 0.25) is 0 Å². The van der Waals surface area contributed by atoms with E-state index in [1.54, 1.807) is 11.3 Å². The van der Waals surface area contributed by atoms with Crippen LogP contribution in [0.4, 0.5) is 0 Å². The molecule has 0 bridgehead atoms. The summed E-state index contributed by atoms with van der Waals surface area (Å²) < 4.78 is 2.18. The van der Waals surface area contributed by atoms with Crippen LogP contribution in [0.15, 0.2) is 12.3 Å². The van der Waals surface area contributed by atoms with Gasteiger partial charge in [-0.3, -0.25) is 4.68 Å². The summed E-state index contributed by atoms with van der Waals surface area (Å²) in [5.74, 6) is 0. The summed E-state index contributed by atoms with van der Waals surface area (Å²) in [5, 5.41) is 9.36. The van der Waals surface area contributed by atoms with E-state index in [-0.39, 0.29) is 0 Å². The maximum Gasteiger partial charge on any atom is 0.0900 e. The molecule has 1 fully saturated rings. The number of likely N-dealkylation sites (N-methyl/N-ethyl adjacent to an activating group) is 1. The molecule has 1 N–H and O–H groups in total. The third kappa shape index (κ3) is 3.19. The lowest BCUT2D eigenvalue weighted by Crippen LogP contribution is -2.19. The van der Waals surface area contributed by atoms with Crippen LogP contribution in [-0.4, -0.2) is 21.8 Å². The second-order valence-corrected chi connectivity index (χ2v) is 7.19. The highest BCUT2D eigenvalue weighted by Crippen LogP contribution is 2.30.